The summed E-state index contributed by atoms with van der Waals surface area (Å²) in [4.78, 5) is 3.92. The van der Waals surface area contributed by atoms with Crippen LogP contribution in [0.2, 0.25) is 0 Å². The maximum absolute atomic E-state index is 9.86. The molecule has 0 saturated heterocycles. The summed E-state index contributed by atoms with van der Waals surface area (Å²) in [6, 6.07) is 9.95. The largest absolute Gasteiger partial charge is 0.389 e. The average Bonchev–Trinajstić information content (AvgIpc) is 3.03. The van der Waals surface area contributed by atoms with Gasteiger partial charge in [-0.05, 0) is 12.5 Å². The molecule has 2 aromatic rings. The van der Waals surface area contributed by atoms with E-state index in [1.807, 2.05) is 37.3 Å². The lowest BCUT2D eigenvalue weighted by atomic mass is 10.1. The standard InChI is InChI=1S/C15H21N3O3/c1-12(13-5-3-2-4-6-13)20-10-14(19)9-16-8-7-15-17-11-18-21-15/h2-6,11-12,14,16,19H,7-10H2,1H3. The van der Waals surface area contributed by atoms with Gasteiger partial charge in [0.15, 0.2) is 6.33 Å². The Morgan fingerprint density at radius 1 is 1.33 bits per heavy atom. The number of hydrogen-bond acceptors (Lipinski definition) is 6. The van der Waals surface area contributed by atoms with E-state index in [1.165, 1.54) is 6.33 Å². The Morgan fingerprint density at radius 2 is 2.14 bits per heavy atom. The quantitative estimate of drug-likeness (QED) is 0.679. The van der Waals surface area contributed by atoms with Crippen LogP contribution in [0.5, 0.6) is 0 Å². The Balaban J connectivity index is 1.58. The lowest BCUT2D eigenvalue weighted by Crippen LogP contribution is -2.32. The molecule has 1 aromatic carbocycles. The lowest BCUT2D eigenvalue weighted by Gasteiger charge is -2.17. The number of rotatable bonds is 9. The first kappa shape index (κ1) is 15.6. The molecular weight excluding hydrogens is 270 g/mol. The summed E-state index contributed by atoms with van der Waals surface area (Å²) in [5, 5.41) is 16.5. The molecule has 0 spiro atoms. The Bertz CT molecular complexity index is 490. The molecule has 0 aliphatic rings. The molecule has 1 aromatic heterocycles. The summed E-state index contributed by atoms with van der Waals surface area (Å²) in [5.74, 6) is 0.589. The van der Waals surface area contributed by atoms with E-state index in [9.17, 15) is 5.11 Å². The number of aliphatic hydroxyl groups is 1. The summed E-state index contributed by atoms with van der Waals surface area (Å²) >= 11 is 0. The molecule has 114 valence electrons. The molecule has 1 heterocycles. The fourth-order valence-corrected chi connectivity index (χ4v) is 1.90. The van der Waals surface area contributed by atoms with Gasteiger partial charge in [-0.15, -0.1) is 0 Å². The third-order valence-corrected chi connectivity index (χ3v) is 3.11. The fourth-order valence-electron chi connectivity index (χ4n) is 1.90. The van der Waals surface area contributed by atoms with Crippen LogP contribution in [0.3, 0.4) is 0 Å². The van der Waals surface area contributed by atoms with Gasteiger partial charge in [0.25, 0.3) is 0 Å². The minimum Gasteiger partial charge on any atom is -0.389 e. The highest BCUT2D eigenvalue weighted by Gasteiger charge is 2.09. The number of nitrogens with zero attached hydrogens (tertiary/aromatic N) is 2. The maximum Gasteiger partial charge on any atom is 0.227 e. The van der Waals surface area contributed by atoms with E-state index < -0.39 is 6.10 Å². The highest BCUT2D eigenvalue weighted by molar-refractivity contribution is 5.16. The van der Waals surface area contributed by atoms with Crippen molar-refractivity contribution in [2.75, 3.05) is 19.7 Å². The van der Waals surface area contributed by atoms with Crippen molar-refractivity contribution in [2.24, 2.45) is 0 Å². The smallest absolute Gasteiger partial charge is 0.227 e. The fraction of sp³-hybridized carbons (Fsp3) is 0.467. The van der Waals surface area contributed by atoms with Gasteiger partial charge < -0.3 is 19.7 Å². The van der Waals surface area contributed by atoms with E-state index in [2.05, 4.69) is 15.5 Å². The van der Waals surface area contributed by atoms with E-state index >= 15 is 0 Å². The molecule has 0 saturated carbocycles. The molecule has 0 fully saturated rings. The normalized spacial score (nSPS) is 14.0. The molecule has 2 rings (SSSR count). The first-order chi connectivity index (χ1) is 10.3. The van der Waals surface area contributed by atoms with Crippen molar-refractivity contribution >= 4 is 0 Å². The minimum absolute atomic E-state index is 0.0285. The summed E-state index contributed by atoms with van der Waals surface area (Å²) in [7, 11) is 0. The molecule has 0 aliphatic heterocycles. The molecule has 0 aliphatic carbocycles. The summed E-state index contributed by atoms with van der Waals surface area (Å²) in [6.07, 6.45) is 1.45. The van der Waals surface area contributed by atoms with Crippen LogP contribution in [0.1, 0.15) is 24.5 Å². The van der Waals surface area contributed by atoms with E-state index in [4.69, 9.17) is 9.26 Å². The summed E-state index contributed by atoms with van der Waals surface area (Å²) in [6.45, 7) is 3.41. The van der Waals surface area contributed by atoms with Gasteiger partial charge >= 0.3 is 0 Å². The van der Waals surface area contributed by atoms with Crippen LogP contribution in [-0.2, 0) is 11.2 Å². The molecule has 0 amide bonds. The van der Waals surface area contributed by atoms with Crippen LogP contribution in [0.25, 0.3) is 0 Å². The molecule has 2 atom stereocenters. The van der Waals surface area contributed by atoms with Crippen molar-refractivity contribution in [2.45, 2.75) is 25.6 Å². The number of ether oxygens (including phenoxy) is 1. The Kier molecular flexibility index (Phi) is 6.33. The maximum atomic E-state index is 9.86. The van der Waals surface area contributed by atoms with Gasteiger partial charge in [0.05, 0.1) is 18.8 Å². The number of benzene rings is 1. The predicted molar refractivity (Wildman–Crippen MR) is 77.7 cm³/mol. The molecule has 21 heavy (non-hydrogen) atoms. The van der Waals surface area contributed by atoms with Crippen LogP contribution in [0, 0.1) is 0 Å². The number of aliphatic hydroxyl groups excluding tert-OH is 1. The Hall–Kier alpha value is -1.76. The van der Waals surface area contributed by atoms with Crippen LogP contribution < -0.4 is 5.32 Å². The van der Waals surface area contributed by atoms with Gasteiger partial charge in [0.2, 0.25) is 5.89 Å². The average molecular weight is 291 g/mol. The third kappa shape index (κ3) is 5.63. The molecule has 6 nitrogen and oxygen atoms in total. The zero-order valence-corrected chi connectivity index (χ0v) is 12.1. The third-order valence-electron chi connectivity index (χ3n) is 3.11. The SMILES string of the molecule is CC(OCC(O)CNCCc1ncno1)c1ccccc1. The van der Waals surface area contributed by atoms with Crippen LogP contribution >= 0.6 is 0 Å². The second-order valence-corrected chi connectivity index (χ2v) is 4.83. The lowest BCUT2D eigenvalue weighted by molar-refractivity contribution is -0.00195. The van der Waals surface area contributed by atoms with Gasteiger partial charge in [0, 0.05) is 19.5 Å². The molecule has 0 radical (unpaired) electrons. The molecule has 2 N–H and O–H groups in total. The van der Waals surface area contributed by atoms with Gasteiger partial charge in [-0.1, -0.05) is 35.5 Å². The second kappa shape index (κ2) is 8.51. The number of hydrogen-bond donors (Lipinski definition) is 2. The van der Waals surface area contributed by atoms with Crippen LogP contribution in [0.15, 0.2) is 41.2 Å². The van der Waals surface area contributed by atoms with Gasteiger partial charge in [-0.2, -0.15) is 4.98 Å². The summed E-state index contributed by atoms with van der Waals surface area (Å²) < 4.78 is 10.5. The van der Waals surface area contributed by atoms with Crippen LogP contribution in [0.4, 0.5) is 0 Å². The van der Waals surface area contributed by atoms with Gasteiger partial charge in [0.1, 0.15) is 0 Å². The molecule has 2 unspecified atom stereocenters. The van der Waals surface area contributed by atoms with Gasteiger partial charge in [-0.3, -0.25) is 0 Å². The zero-order valence-electron chi connectivity index (χ0n) is 12.1. The highest BCUT2D eigenvalue weighted by atomic mass is 16.5. The summed E-state index contributed by atoms with van der Waals surface area (Å²) in [5.41, 5.74) is 1.11. The monoisotopic (exact) mass is 291 g/mol. The number of nitrogens with one attached hydrogen (secondary N) is 1. The molecule has 6 heteroatoms. The van der Waals surface area contributed by atoms with E-state index in [-0.39, 0.29) is 6.10 Å². The number of aromatic nitrogens is 2. The Morgan fingerprint density at radius 3 is 2.86 bits per heavy atom. The first-order valence-corrected chi connectivity index (χ1v) is 7.06. The van der Waals surface area contributed by atoms with E-state index in [0.29, 0.717) is 32.0 Å². The highest BCUT2D eigenvalue weighted by Crippen LogP contribution is 2.15. The second-order valence-electron chi connectivity index (χ2n) is 4.83. The van der Waals surface area contributed by atoms with Crippen molar-refractivity contribution in [3.8, 4) is 0 Å². The minimum atomic E-state index is -0.543. The molecule has 0 bridgehead atoms. The molecular formula is C15H21N3O3. The predicted octanol–water partition coefficient (Wildman–Crippen LogP) is 1.34. The zero-order chi connectivity index (χ0) is 14.9. The Labute approximate surface area is 124 Å². The van der Waals surface area contributed by atoms with Crippen molar-refractivity contribution in [1.82, 2.24) is 15.5 Å². The van der Waals surface area contributed by atoms with Crippen molar-refractivity contribution < 1.29 is 14.4 Å². The van der Waals surface area contributed by atoms with E-state index in [1.54, 1.807) is 0 Å². The van der Waals surface area contributed by atoms with Crippen molar-refractivity contribution in [1.29, 1.82) is 0 Å². The first-order valence-electron chi connectivity index (χ1n) is 7.06. The van der Waals surface area contributed by atoms with Gasteiger partial charge in [-0.25, -0.2) is 0 Å². The topological polar surface area (TPSA) is 80.4 Å². The van der Waals surface area contributed by atoms with Crippen LogP contribution in [-0.4, -0.2) is 41.0 Å². The van der Waals surface area contributed by atoms with Crippen molar-refractivity contribution in [3.05, 3.63) is 48.1 Å². The van der Waals surface area contributed by atoms with Crippen molar-refractivity contribution in [3.63, 3.8) is 0 Å². The van der Waals surface area contributed by atoms with E-state index in [0.717, 1.165) is 5.56 Å².